The molecule has 3 heterocycles. The fourth-order valence-electron chi connectivity index (χ4n) is 5.98. The molecular weight excluding hydrogens is 464 g/mol. The number of carbonyl (C=O) groups is 2. The molecule has 0 amide bonds. The quantitative estimate of drug-likeness (QED) is 0.471. The van der Waals surface area contributed by atoms with Gasteiger partial charge in [-0.05, 0) is 57.9 Å². The maximum absolute atomic E-state index is 12.2. The van der Waals surface area contributed by atoms with Gasteiger partial charge in [0.05, 0.1) is 17.6 Å². The molecule has 0 N–H and O–H groups in total. The van der Waals surface area contributed by atoms with Crippen LogP contribution in [0.4, 0.5) is 0 Å². The topological polar surface area (TPSA) is 59.1 Å². The Morgan fingerprint density at radius 2 is 1.68 bits per heavy atom. The Labute approximate surface area is 222 Å². The second kappa shape index (κ2) is 12.9. The highest BCUT2D eigenvalue weighted by Gasteiger charge is 2.30. The molecular formula is C31H44N2O4. The Kier molecular flexibility index (Phi) is 9.60. The first-order chi connectivity index (χ1) is 17.9. The molecule has 2 bridgehead atoms. The van der Waals surface area contributed by atoms with Gasteiger partial charge in [0.25, 0.3) is 0 Å². The summed E-state index contributed by atoms with van der Waals surface area (Å²) in [5, 5.41) is 0. The second-order valence-corrected chi connectivity index (χ2v) is 10.8. The molecule has 0 aromatic rings. The van der Waals surface area contributed by atoms with Gasteiger partial charge in [0, 0.05) is 44.8 Å². The minimum atomic E-state index is -0.182. The maximum atomic E-state index is 12.2. The normalized spacial score (nSPS) is 28.4. The number of rotatable bonds is 6. The molecule has 3 aliphatic heterocycles. The molecule has 6 nitrogen and oxygen atoms in total. The fraction of sp³-hybridized carbons (Fsp3) is 0.613. The number of hydrogen-bond acceptors (Lipinski definition) is 6. The van der Waals surface area contributed by atoms with Gasteiger partial charge in [0.1, 0.15) is 6.61 Å². The highest BCUT2D eigenvalue weighted by Crippen LogP contribution is 2.32. The number of hydrogen-bond donors (Lipinski definition) is 0. The lowest BCUT2D eigenvalue weighted by atomic mass is 9.92. The number of ether oxygens (including phenoxy) is 2. The Bertz CT molecular complexity index is 1010. The van der Waals surface area contributed by atoms with E-state index < -0.39 is 0 Å². The molecule has 2 aliphatic carbocycles. The molecule has 5 aliphatic rings. The van der Waals surface area contributed by atoms with Gasteiger partial charge in [0.2, 0.25) is 0 Å². The van der Waals surface area contributed by atoms with E-state index in [1.807, 2.05) is 26.8 Å². The first-order valence-electron chi connectivity index (χ1n) is 14.2. The third kappa shape index (κ3) is 7.11. The number of esters is 2. The SMILES string of the molecule is CC.CC1=C2COC(=O)C2=CC=C(CCN2CCN(CCC3=CC4CC(C)OC(=O)C(C=C3)C4)CC2)C1. The summed E-state index contributed by atoms with van der Waals surface area (Å²) in [5.41, 5.74) is 5.87. The van der Waals surface area contributed by atoms with Crippen LogP contribution < -0.4 is 0 Å². The molecule has 6 heteroatoms. The average molecular weight is 509 g/mol. The van der Waals surface area contributed by atoms with Crippen LogP contribution in [0, 0.1) is 11.8 Å². The summed E-state index contributed by atoms with van der Waals surface area (Å²) < 4.78 is 10.7. The van der Waals surface area contributed by atoms with Gasteiger partial charge >= 0.3 is 11.9 Å². The van der Waals surface area contributed by atoms with E-state index in [2.05, 4.69) is 41.0 Å². The van der Waals surface area contributed by atoms with Crippen LogP contribution in [-0.2, 0) is 19.1 Å². The van der Waals surface area contributed by atoms with Crippen molar-refractivity contribution >= 4 is 11.9 Å². The highest BCUT2D eigenvalue weighted by atomic mass is 16.5. The van der Waals surface area contributed by atoms with E-state index in [-0.39, 0.29) is 24.0 Å². The van der Waals surface area contributed by atoms with Gasteiger partial charge in [-0.2, -0.15) is 0 Å². The first-order valence-corrected chi connectivity index (χ1v) is 14.2. The summed E-state index contributed by atoms with van der Waals surface area (Å²) in [6.45, 7) is 15.1. The summed E-state index contributed by atoms with van der Waals surface area (Å²) in [6.07, 6.45) is 15.6. The van der Waals surface area contributed by atoms with Crippen LogP contribution >= 0.6 is 0 Å². The number of fused-ring (bicyclic) bond motifs is 3. The Morgan fingerprint density at radius 1 is 0.973 bits per heavy atom. The summed E-state index contributed by atoms with van der Waals surface area (Å²) in [7, 11) is 0. The lowest BCUT2D eigenvalue weighted by molar-refractivity contribution is -0.150. The number of nitrogens with zero attached hydrogens (tertiary/aromatic N) is 2. The van der Waals surface area contributed by atoms with Gasteiger partial charge in [-0.3, -0.25) is 4.79 Å². The summed E-state index contributed by atoms with van der Waals surface area (Å²) >= 11 is 0. The lowest BCUT2D eigenvalue weighted by Crippen LogP contribution is -2.46. The molecule has 3 atom stereocenters. The minimum absolute atomic E-state index is 0.0108. The van der Waals surface area contributed by atoms with Gasteiger partial charge in [-0.15, -0.1) is 0 Å². The van der Waals surface area contributed by atoms with Gasteiger partial charge in [0.15, 0.2) is 0 Å². The molecule has 3 unspecified atom stereocenters. The van der Waals surface area contributed by atoms with Crippen LogP contribution in [0.3, 0.4) is 0 Å². The number of carbonyl (C=O) groups excluding carboxylic acids is 2. The van der Waals surface area contributed by atoms with Crippen LogP contribution in [0.5, 0.6) is 0 Å². The standard InChI is InChI=1S/C29H38N2O4.C2H6/c1-20-15-22(4-6-26-27(20)19-34-29(26)33)7-9-30-11-13-31(14-12-30)10-8-23-3-5-25-18-24(17-23)16-21(2)35-28(25)32;1-2/h3-6,17,21,24-25H,7-16,18-19H2,1-2H3;1-2H3. The Morgan fingerprint density at radius 3 is 2.41 bits per heavy atom. The molecule has 202 valence electrons. The molecule has 0 radical (unpaired) electrons. The molecule has 5 rings (SSSR count). The zero-order valence-electron chi connectivity index (χ0n) is 23.1. The zero-order valence-corrected chi connectivity index (χ0v) is 23.1. The second-order valence-electron chi connectivity index (χ2n) is 10.8. The molecule has 3 saturated heterocycles. The Balaban J connectivity index is 0.00000156. The predicted octanol–water partition coefficient (Wildman–Crippen LogP) is 4.99. The van der Waals surface area contributed by atoms with Crippen molar-refractivity contribution in [2.24, 2.45) is 11.8 Å². The summed E-state index contributed by atoms with van der Waals surface area (Å²) in [4.78, 5) is 29.3. The smallest absolute Gasteiger partial charge is 0.338 e. The van der Waals surface area contributed by atoms with E-state index in [4.69, 9.17) is 9.47 Å². The first kappa shape index (κ1) is 27.6. The molecule has 0 spiro atoms. The van der Waals surface area contributed by atoms with E-state index >= 15 is 0 Å². The van der Waals surface area contributed by atoms with Crippen LogP contribution in [0.25, 0.3) is 0 Å². The van der Waals surface area contributed by atoms with E-state index in [1.165, 1.54) is 16.7 Å². The van der Waals surface area contributed by atoms with Crippen molar-refractivity contribution in [3.8, 4) is 0 Å². The van der Waals surface area contributed by atoms with Crippen LogP contribution in [0.2, 0.25) is 0 Å². The maximum Gasteiger partial charge on any atom is 0.338 e. The zero-order chi connectivity index (χ0) is 26.4. The van der Waals surface area contributed by atoms with Crippen LogP contribution in [-0.4, -0.2) is 73.7 Å². The molecule has 0 aromatic carbocycles. The van der Waals surface area contributed by atoms with Crippen LogP contribution in [0.15, 0.2) is 58.2 Å². The van der Waals surface area contributed by atoms with Crippen molar-refractivity contribution in [2.75, 3.05) is 45.9 Å². The highest BCUT2D eigenvalue weighted by molar-refractivity contribution is 5.97. The van der Waals surface area contributed by atoms with E-state index in [0.29, 0.717) is 12.5 Å². The van der Waals surface area contributed by atoms with Crippen molar-refractivity contribution in [2.45, 2.75) is 65.9 Å². The van der Waals surface area contributed by atoms with Gasteiger partial charge < -0.3 is 19.3 Å². The van der Waals surface area contributed by atoms with Gasteiger partial charge in [-0.25, -0.2) is 4.79 Å². The molecule has 3 fully saturated rings. The predicted molar refractivity (Wildman–Crippen MR) is 147 cm³/mol. The molecule has 37 heavy (non-hydrogen) atoms. The monoisotopic (exact) mass is 508 g/mol. The number of allylic oxidation sites excluding steroid dienone is 5. The van der Waals surface area contributed by atoms with Crippen LogP contribution in [0.1, 0.15) is 59.8 Å². The van der Waals surface area contributed by atoms with E-state index in [1.54, 1.807) is 0 Å². The van der Waals surface area contributed by atoms with E-state index in [9.17, 15) is 9.59 Å². The van der Waals surface area contributed by atoms with Crippen molar-refractivity contribution in [3.05, 3.63) is 58.2 Å². The average Bonchev–Trinajstić information content (AvgIpc) is 3.01. The third-order valence-electron chi connectivity index (χ3n) is 8.12. The molecule has 0 aromatic heterocycles. The lowest BCUT2D eigenvalue weighted by Gasteiger charge is -2.35. The fourth-order valence-corrected chi connectivity index (χ4v) is 5.98. The largest absolute Gasteiger partial charge is 0.462 e. The third-order valence-corrected chi connectivity index (χ3v) is 8.12. The number of piperazine rings is 1. The van der Waals surface area contributed by atoms with Crippen molar-refractivity contribution in [3.63, 3.8) is 0 Å². The number of cyclic esters (lactones) is 2. The minimum Gasteiger partial charge on any atom is -0.462 e. The summed E-state index contributed by atoms with van der Waals surface area (Å²) in [5.74, 6) is 0.103. The summed E-state index contributed by atoms with van der Waals surface area (Å²) in [6, 6.07) is 0. The Hall–Kier alpha value is -2.44. The molecule has 0 saturated carbocycles. The van der Waals surface area contributed by atoms with Crippen molar-refractivity contribution in [1.29, 1.82) is 0 Å². The van der Waals surface area contributed by atoms with Gasteiger partial charge in [-0.1, -0.05) is 54.9 Å². The van der Waals surface area contributed by atoms with E-state index in [0.717, 1.165) is 82.5 Å². The van der Waals surface area contributed by atoms with Crippen molar-refractivity contribution in [1.82, 2.24) is 9.80 Å². The van der Waals surface area contributed by atoms with Crippen molar-refractivity contribution < 1.29 is 19.1 Å².